The maximum Gasteiger partial charge on any atom is 0.246 e. The second-order valence-corrected chi connectivity index (χ2v) is 8.53. The molecule has 2 amide bonds. The van der Waals surface area contributed by atoms with Crippen LogP contribution in [-0.2, 0) is 9.59 Å². The minimum Gasteiger partial charge on any atom is -0.497 e. The Morgan fingerprint density at radius 2 is 1.85 bits per heavy atom. The molecule has 1 aromatic heterocycles. The van der Waals surface area contributed by atoms with Gasteiger partial charge in [-0.1, -0.05) is 26.0 Å². The number of benzene rings is 2. The number of nitrogens with zero attached hydrogens (tertiary/aromatic N) is 3. The van der Waals surface area contributed by atoms with Crippen LogP contribution in [0.3, 0.4) is 0 Å². The molecule has 3 rings (SSSR count). The molecule has 0 aliphatic heterocycles. The van der Waals surface area contributed by atoms with Crippen molar-refractivity contribution < 1.29 is 14.3 Å². The van der Waals surface area contributed by atoms with Crippen LogP contribution in [0.4, 0.5) is 5.95 Å². The van der Waals surface area contributed by atoms with Gasteiger partial charge in [-0.3, -0.25) is 19.5 Å². The molecule has 0 aliphatic rings. The first-order valence-electron chi connectivity index (χ1n) is 11.2. The number of hydrogen-bond acceptors (Lipinski definition) is 4. The van der Waals surface area contributed by atoms with Crippen LogP contribution in [0.15, 0.2) is 61.3 Å². The molecule has 34 heavy (non-hydrogen) atoms. The molecule has 7 heteroatoms. The second-order valence-electron chi connectivity index (χ2n) is 8.53. The minimum atomic E-state index is -0.326. The summed E-state index contributed by atoms with van der Waals surface area (Å²) in [5.74, 6) is 0.490. The van der Waals surface area contributed by atoms with Crippen molar-refractivity contribution in [3.8, 4) is 22.7 Å². The van der Waals surface area contributed by atoms with Crippen molar-refractivity contribution in [3.63, 3.8) is 0 Å². The van der Waals surface area contributed by atoms with E-state index in [2.05, 4.69) is 24.9 Å². The predicted octanol–water partition coefficient (Wildman–Crippen LogP) is 4.77. The van der Waals surface area contributed by atoms with E-state index in [0.29, 0.717) is 18.2 Å². The molecule has 2 aromatic carbocycles. The fraction of sp³-hybridized carbons (Fsp3) is 0.296. The van der Waals surface area contributed by atoms with Gasteiger partial charge in [-0.15, -0.1) is 6.58 Å². The first-order chi connectivity index (χ1) is 16.2. The van der Waals surface area contributed by atoms with Crippen LogP contribution in [0.25, 0.3) is 16.9 Å². The number of methoxy groups -OCH3 is 1. The maximum atomic E-state index is 12.9. The predicted molar refractivity (Wildman–Crippen MR) is 135 cm³/mol. The monoisotopic (exact) mass is 460 g/mol. The maximum absolute atomic E-state index is 12.9. The number of ether oxygens (including phenoxy) is 1. The first kappa shape index (κ1) is 24.8. The number of hydrogen-bond donors (Lipinski definition) is 1. The molecule has 1 heterocycles. The highest BCUT2D eigenvalue weighted by Gasteiger charge is 2.21. The first-order valence-corrected chi connectivity index (χ1v) is 11.2. The SMILES string of the molecule is C=CCN(CC(=O)Nc1nc(-c2ccc(OC)cc2)cn1-c1ccc(C)c(C)c1)C(=O)C(C)C. The Morgan fingerprint density at radius 1 is 1.15 bits per heavy atom. The number of carbonyl (C=O) groups is 2. The fourth-order valence-electron chi connectivity index (χ4n) is 3.53. The van der Waals surface area contributed by atoms with Gasteiger partial charge in [-0.2, -0.15) is 0 Å². The van der Waals surface area contributed by atoms with Crippen LogP contribution >= 0.6 is 0 Å². The zero-order valence-corrected chi connectivity index (χ0v) is 20.5. The average molecular weight is 461 g/mol. The summed E-state index contributed by atoms with van der Waals surface area (Å²) in [6.07, 6.45) is 3.51. The van der Waals surface area contributed by atoms with E-state index in [9.17, 15) is 9.59 Å². The Hall–Kier alpha value is -3.87. The third-order valence-electron chi connectivity index (χ3n) is 5.60. The summed E-state index contributed by atoms with van der Waals surface area (Å²) in [6, 6.07) is 13.7. The molecule has 7 nitrogen and oxygen atoms in total. The Morgan fingerprint density at radius 3 is 2.44 bits per heavy atom. The number of anilines is 1. The molecule has 0 bridgehead atoms. The summed E-state index contributed by atoms with van der Waals surface area (Å²) < 4.78 is 7.10. The average Bonchev–Trinajstić information content (AvgIpc) is 3.23. The molecule has 178 valence electrons. The Bertz CT molecular complexity index is 1180. The smallest absolute Gasteiger partial charge is 0.246 e. The van der Waals surface area contributed by atoms with Crippen molar-refractivity contribution in [1.29, 1.82) is 0 Å². The van der Waals surface area contributed by atoms with Gasteiger partial charge in [0.25, 0.3) is 0 Å². The van der Waals surface area contributed by atoms with Gasteiger partial charge in [-0.05, 0) is 61.4 Å². The normalized spacial score (nSPS) is 10.8. The number of nitrogens with one attached hydrogen (secondary N) is 1. The molecule has 0 unspecified atom stereocenters. The molecule has 0 atom stereocenters. The summed E-state index contributed by atoms with van der Waals surface area (Å²) in [7, 11) is 1.62. The van der Waals surface area contributed by atoms with Crippen molar-refractivity contribution in [2.45, 2.75) is 27.7 Å². The molecule has 0 fully saturated rings. The van der Waals surface area contributed by atoms with E-state index in [1.54, 1.807) is 13.2 Å². The van der Waals surface area contributed by atoms with E-state index in [0.717, 1.165) is 22.6 Å². The lowest BCUT2D eigenvalue weighted by Crippen LogP contribution is -2.40. The van der Waals surface area contributed by atoms with E-state index >= 15 is 0 Å². The number of aryl methyl sites for hydroxylation is 2. The molecule has 1 N–H and O–H groups in total. The van der Waals surface area contributed by atoms with Crippen molar-refractivity contribution in [2.75, 3.05) is 25.5 Å². The van der Waals surface area contributed by atoms with Gasteiger partial charge in [0.2, 0.25) is 17.8 Å². The fourth-order valence-corrected chi connectivity index (χ4v) is 3.53. The third kappa shape index (κ3) is 5.73. The van der Waals surface area contributed by atoms with Gasteiger partial charge in [0.05, 0.1) is 12.8 Å². The van der Waals surface area contributed by atoms with Crippen LogP contribution in [0.5, 0.6) is 5.75 Å². The lowest BCUT2D eigenvalue weighted by molar-refractivity contribution is -0.136. The number of aromatic nitrogens is 2. The van der Waals surface area contributed by atoms with Crippen molar-refractivity contribution in [1.82, 2.24) is 14.5 Å². The number of rotatable bonds is 9. The summed E-state index contributed by atoms with van der Waals surface area (Å²) in [5, 5.41) is 2.90. The van der Waals surface area contributed by atoms with Gasteiger partial charge < -0.3 is 9.64 Å². The molecular formula is C27H32N4O3. The Labute approximate surface area is 201 Å². The van der Waals surface area contributed by atoms with Crippen LogP contribution in [0.2, 0.25) is 0 Å². The van der Waals surface area contributed by atoms with E-state index < -0.39 is 0 Å². The van der Waals surface area contributed by atoms with Gasteiger partial charge in [0.1, 0.15) is 12.3 Å². The van der Waals surface area contributed by atoms with Crippen molar-refractivity contribution >= 4 is 17.8 Å². The summed E-state index contributed by atoms with van der Waals surface area (Å²) in [5.41, 5.74) is 4.79. The topological polar surface area (TPSA) is 76.5 Å². The van der Waals surface area contributed by atoms with Gasteiger partial charge >= 0.3 is 0 Å². The summed E-state index contributed by atoms with van der Waals surface area (Å²) in [4.78, 5) is 31.6. The lowest BCUT2D eigenvalue weighted by Gasteiger charge is -2.22. The Kier molecular flexibility index (Phi) is 7.89. The molecular weight excluding hydrogens is 428 g/mol. The largest absolute Gasteiger partial charge is 0.497 e. The highest BCUT2D eigenvalue weighted by atomic mass is 16.5. The molecule has 0 spiro atoms. The zero-order chi connectivity index (χ0) is 24.8. The van der Waals surface area contributed by atoms with Crippen LogP contribution < -0.4 is 10.1 Å². The summed E-state index contributed by atoms with van der Waals surface area (Å²) in [6.45, 7) is 11.6. The van der Waals surface area contributed by atoms with Gasteiger partial charge in [0.15, 0.2) is 0 Å². The van der Waals surface area contributed by atoms with E-state index in [-0.39, 0.29) is 24.3 Å². The van der Waals surface area contributed by atoms with Gasteiger partial charge in [-0.25, -0.2) is 4.98 Å². The van der Waals surface area contributed by atoms with Crippen LogP contribution in [0, 0.1) is 19.8 Å². The van der Waals surface area contributed by atoms with Crippen molar-refractivity contribution in [2.24, 2.45) is 5.92 Å². The molecule has 0 aliphatic carbocycles. The van der Waals surface area contributed by atoms with E-state index in [1.807, 2.05) is 67.9 Å². The number of amides is 2. The standard InChI is InChI=1S/C27H32N4O3/c1-7-14-30(26(33)18(2)3)17-25(32)29-27-28-24(21-9-12-23(34-6)13-10-21)16-31(27)22-11-8-19(4)20(5)15-22/h7-13,15-16,18H,1,14,17H2,2-6H3,(H,28,29,32). The molecule has 3 aromatic rings. The van der Waals surface area contributed by atoms with Gasteiger partial charge in [0, 0.05) is 29.9 Å². The Balaban J connectivity index is 1.95. The number of carbonyl (C=O) groups excluding carboxylic acids is 2. The lowest BCUT2D eigenvalue weighted by atomic mass is 10.1. The zero-order valence-electron chi connectivity index (χ0n) is 20.5. The summed E-state index contributed by atoms with van der Waals surface area (Å²) >= 11 is 0. The van der Waals surface area contributed by atoms with Crippen LogP contribution in [-0.4, -0.2) is 46.5 Å². The molecule has 0 radical (unpaired) electrons. The molecule has 0 saturated heterocycles. The second kappa shape index (κ2) is 10.8. The molecule has 0 saturated carbocycles. The number of imidazole rings is 1. The van der Waals surface area contributed by atoms with E-state index in [1.165, 1.54) is 10.5 Å². The quantitative estimate of drug-likeness (QED) is 0.467. The van der Waals surface area contributed by atoms with Crippen molar-refractivity contribution in [3.05, 3.63) is 72.4 Å². The minimum absolute atomic E-state index is 0.0827. The highest BCUT2D eigenvalue weighted by Crippen LogP contribution is 2.27. The van der Waals surface area contributed by atoms with E-state index in [4.69, 9.17) is 9.72 Å². The van der Waals surface area contributed by atoms with Crippen LogP contribution in [0.1, 0.15) is 25.0 Å². The third-order valence-corrected chi connectivity index (χ3v) is 5.60. The highest BCUT2D eigenvalue weighted by molar-refractivity contribution is 5.94.